The molecule has 0 saturated heterocycles. The van der Waals surface area contributed by atoms with Gasteiger partial charge in [-0.3, -0.25) is 10.1 Å². The van der Waals surface area contributed by atoms with Crippen LogP contribution < -0.4 is 5.32 Å². The van der Waals surface area contributed by atoms with Gasteiger partial charge in [0.2, 0.25) is 11.9 Å². The molecule has 1 aliphatic carbocycles. The fourth-order valence-corrected chi connectivity index (χ4v) is 3.66. The number of benzene rings is 1. The standard InChI is InChI=1S/C20H29N3O.C20H6.HN3.H2O.11H2/c1-12(2)14(5)19(24)22-20-21-17-10-9-15(13(3)4)11-18(17)23(20)16-7-6-8-16;1-3-5-7-9-11-13-15-17-19-20-18-16-14-12-10-8-6-4-2;1-3-2;;;;;;;;;;;;/h9-14,16H,6-8H2,1-5H3,(H,21,22,24);1-2H3;1H;1H2;11*1H/t14-;;;;;;;;;;;;;;/m0............../s1. The van der Waals surface area contributed by atoms with E-state index >= 15 is 0 Å². The first-order chi connectivity index (χ1) is 22.7. The topological polar surface area (TPSA) is 139 Å². The number of nitrogens with zero attached hydrogens (tertiary/aromatic N) is 4. The second-order valence-corrected chi connectivity index (χ2v) is 10.4. The van der Waals surface area contributed by atoms with Gasteiger partial charge in [0.25, 0.3) is 0 Å². The molecular weight excluding hydrogens is 596 g/mol. The Morgan fingerprint density at radius 3 is 1.60 bits per heavy atom. The lowest BCUT2D eigenvalue weighted by Crippen LogP contribution is -2.27. The number of amides is 1. The molecule has 1 atom stereocenters. The third-order valence-corrected chi connectivity index (χ3v) is 6.66. The van der Waals surface area contributed by atoms with Crippen LogP contribution >= 0.6 is 0 Å². The molecule has 1 amide bonds. The number of imidazole rings is 1. The van der Waals surface area contributed by atoms with Crippen molar-refractivity contribution in [3.05, 3.63) is 34.2 Å². The van der Waals surface area contributed by atoms with Gasteiger partial charge in [-0.25, -0.2) is 4.98 Å². The van der Waals surface area contributed by atoms with Crippen LogP contribution in [0.1, 0.15) is 101 Å². The Balaban J connectivity index is -0.0000000595. The summed E-state index contributed by atoms with van der Waals surface area (Å²) in [7, 11) is 0. The molecular formula is C40H60N6O2. The minimum Gasteiger partial charge on any atom is -0.412 e. The second-order valence-electron chi connectivity index (χ2n) is 10.4. The first kappa shape index (κ1) is 41.5. The van der Waals surface area contributed by atoms with E-state index in [-0.39, 0.29) is 33.0 Å². The normalized spacial score (nSPS) is 10.1. The minimum atomic E-state index is -0.0223. The van der Waals surface area contributed by atoms with Crippen LogP contribution in [0.15, 0.2) is 18.2 Å². The van der Waals surface area contributed by atoms with E-state index in [1.807, 2.05) is 6.92 Å². The fraction of sp³-hybridized carbons (Fsp3) is 0.350. The Labute approximate surface area is 301 Å². The van der Waals surface area contributed by atoms with Gasteiger partial charge in [-0.2, -0.15) is 0 Å². The highest BCUT2D eigenvalue weighted by molar-refractivity contribution is 5.93. The van der Waals surface area contributed by atoms with E-state index < -0.39 is 0 Å². The molecule has 0 bridgehead atoms. The lowest BCUT2D eigenvalue weighted by molar-refractivity contribution is -0.120. The van der Waals surface area contributed by atoms with Gasteiger partial charge in [-0.1, -0.05) is 52.5 Å². The van der Waals surface area contributed by atoms with Gasteiger partial charge in [0, 0.05) is 27.7 Å². The predicted molar refractivity (Wildman–Crippen MR) is 217 cm³/mol. The van der Waals surface area contributed by atoms with Gasteiger partial charge in [-0.15, -0.1) is 5.53 Å². The average Bonchev–Trinajstić information content (AvgIpc) is 3.36. The molecule has 0 unspecified atom stereocenters. The zero-order chi connectivity index (χ0) is 34.9. The molecule has 3 rings (SSSR count). The zero-order valence-electron chi connectivity index (χ0n) is 28.4. The summed E-state index contributed by atoms with van der Waals surface area (Å²) in [4.78, 5) is 19.0. The van der Waals surface area contributed by atoms with Gasteiger partial charge < -0.3 is 10.0 Å². The number of hydrogen-bond donors (Lipinski definition) is 2. The lowest BCUT2D eigenvalue weighted by atomic mass is 9.92. The SMILES string of the molecule is CC#CC#CC#CC#CC#CC#CC#CC#CC#CC.CC(C)c1ccc2nc(NC(=O)[C@@H](C)C(C)C)n(C3CCC3)c2c1.O.[HH].[HH].[HH].[HH].[HH].[HH].[HH].[HH].[HH].[HH].[HH].[N-]=[N+]=N. The van der Waals surface area contributed by atoms with Crippen molar-refractivity contribution in [1.29, 1.82) is 5.53 Å². The van der Waals surface area contributed by atoms with E-state index in [1.54, 1.807) is 18.8 Å². The number of carbonyl (C=O) groups is 1. The van der Waals surface area contributed by atoms with Gasteiger partial charge >= 0.3 is 0 Å². The highest BCUT2D eigenvalue weighted by Crippen LogP contribution is 2.38. The number of hydrogen-bond acceptors (Lipinski definition) is 3. The van der Waals surface area contributed by atoms with Gasteiger partial charge in [0.15, 0.2) is 0 Å². The van der Waals surface area contributed by atoms with Crippen molar-refractivity contribution >= 4 is 22.9 Å². The molecule has 1 saturated carbocycles. The molecule has 8 heteroatoms. The smallest absolute Gasteiger partial charge is 0.229 e. The predicted octanol–water partition coefficient (Wildman–Crippen LogP) is 8.93. The summed E-state index contributed by atoms with van der Waals surface area (Å²) in [5.41, 5.74) is 15.7. The first-order valence-electron chi connectivity index (χ1n) is 14.9. The van der Waals surface area contributed by atoms with E-state index in [0.717, 1.165) is 11.0 Å². The molecule has 8 nitrogen and oxygen atoms in total. The zero-order valence-corrected chi connectivity index (χ0v) is 28.4. The van der Waals surface area contributed by atoms with Crippen LogP contribution in [0.5, 0.6) is 0 Å². The van der Waals surface area contributed by atoms with Gasteiger partial charge in [0.1, 0.15) is 0 Å². The maximum Gasteiger partial charge on any atom is 0.229 e. The molecule has 1 heterocycles. The molecule has 0 aliphatic heterocycles. The Bertz CT molecular complexity index is 2000. The number of anilines is 1. The molecule has 4 N–H and O–H groups in total. The van der Waals surface area contributed by atoms with Crippen molar-refractivity contribution in [2.24, 2.45) is 11.8 Å². The summed E-state index contributed by atoms with van der Waals surface area (Å²) in [5, 5.41) is 3.09. The lowest BCUT2D eigenvalue weighted by Gasteiger charge is -2.29. The molecule has 262 valence electrons. The third-order valence-electron chi connectivity index (χ3n) is 6.66. The molecule has 0 spiro atoms. The molecule has 1 aromatic heterocycles. The average molecular weight is 657 g/mol. The van der Waals surface area contributed by atoms with Crippen molar-refractivity contribution in [1.82, 2.24) is 9.55 Å². The second kappa shape index (κ2) is 24.8. The quantitative estimate of drug-likeness (QED) is 0.144. The summed E-state index contributed by atoms with van der Waals surface area (Å²) >= 11 is 0. The van der Waals surface area contributed by atoms with Gasteiger partial charge in [0.05, 0.1) is 11.0 Å². The highest BCUT2D eigenvalue weighted by Gasteiger charge is 2.27. The summed E-state index contributed by atoms with van der Waals surface area (Å²) < 4.78 is 2.26. The van der Waals surface area contributed by atoms with Crippen LogP contribution in [0.3, 0.4) is 0 Å². The third kappa shape index (κ3) is 15.5. The molecule has 1 aromatic carbocycles. The van der Waals surface area contributed by atoms with Crippen molar-refractivity contribution in [2.75, 3.05) is 5.32 Å². The fourth-order valence-electron chi connectivity index (χ4n) is 3.66. The van der Waals surface area contributed by atoms with Crippen molar-refractivity contribution in [3.8, 4) is 107 Å². The summed E-state index contributed by atoms with van der Waals surface area (Å²) in [6.45, 7) is 14.0. The summed E-state index contributed by atoms with van der Waals surface area (Å²) in [6, 6.07) is 6.93. The van der Waals surface area contributed by atoms with Crippen LogP contribution in [-0.4, -0.2) is 20.9 Å². The molecule has 1 aliphatic rings. The van der Waals surface area contributed by atoms with Crippen LogP contribution in [0.2, 0.25) is 0 Å². The number of rotatable bonds is 5. The maximum absolute atomic E-state index is 12.5. The minimum absolute atomic E-state index is 0. The van der Waals surface area contributed by atoms with Crippen LogP contribution in [0.4, 0.5) is 5.95 Å². The maximum atomic E-state index is 12.5. The molecule has 2 aromatic rings. The van der Waals surface area contributed by atoms with Crippen LogP contribution in [0, 0.1) is 124 Å². The monoisotopic (exact) mass is 656 g/mol. The largest absolute Gasteiger partial charge is 0.412 e. The number of fused-ring (bicyclic) bond motifs is 1. The number of nitrogens with one attached hydrogen (secondary N) is 2. The highest BCUT2D eigenvalue weighted by atomic mass is 16.2. The first-order valence-corrected chi connectivity index (χ1v) is 14.9. The Kier molecular flexibility index (Phi) is 21.4. The van der Waals surface area contributed by atoms with Crippen molar-refractivity contribution < 1.29 is 26.0 Å². The Hall–Kier alpha value is -6.53. The summed E-state index contributed by atoms with van der Waals surface area (Å²) in [5.74, 6) is 47.2. The Morgan fingerprint density at radius 2 is 1.27 bits per heavy atom. The molecule has 0 radical (unpaired) electrons. The van der Waals surface area contributed by atoms with Crippen molar-refractivity contribution in [2.45, 2.75) is 79.7 Å². The molecule has 48 heavy (non-hydrogen) atoms. The number of carbonyl (C=O) groups excluding carboxylic acids is 1. The van der Waals surface area contributed by atoms with E-state index in [0.29, 0.717) is 23.8 Å². The Morgan fingerprint density at radius 1 is 0.854 bits per heavy atom. The van der Waals surface area contributed by atoms with E-state index in [1.165, 1.54) is 24.8 Å². The van der Waals surface area contributed by atoms with E-state index in [4.69, 9.17) is 16.0 Å². The van der Waals surface area contributed by atoms with E-state index in [2.05, 4.69) is 162 Å². The van der Waals surface area contributed by atoms with Crippen LogP contribution in [0.25, 0.3) is 21.5 Å². The summed E-state index contributed by atoms with van der Waals surface area (Å²) in [6.07, 6.45) is 3.59. The molecule has 1 fully saturated rings. The van der Waals surface area contributed by atoms with Gasteiger partial charge in [-0.05, 0) is 168 Å². The number of aromatic nitrogens is 2. The van der Waals surface area contributed by atoms with Crippen LogP contribution in [-0.2, 0) is 4.79 Å². The van der Waals surface area contributed by atoms with Crippen molar-refractivity contribution in [3.63, 3.8) is 0 Å². The van der Waals surface area contributed by atoms with E-state index in [9.17, 15) is 4.79 Å².